The zero-order valence-corrected chi connectivity index (χ0v) is 10.2. The van der Waals surface area contributed by atoms with Crippen molar-refractivity contribution < 1.29 is 4.39 Å². The molecule has 17 heavy (non-hydrogen) atoms. The molecule has 2 nitrogen and oxygen atoms in total. The lowest BCUT2D eigenvalue weighted by Crippen LogP contribution is -2.26. The largest absolute Gasteiger partial charge is 0.385 e. The number of hydrogen-bond acceptors (Lipinski definition) is 2. The maximum absolute atomic E-state index is 12.0. The van der Waals surface area contributed by atoms with Gasteiger partial charge in [0.15, 0.2) is 0 Å². The highest BCUT2D eigenvalue weighted by Gasteiger charge is 2.14. The lowest BCUT2D eigenvalue weighted by atomic mass is 9.90. The molecule has 1 saturated heterocycles. The van der Waals surface area contributed by atoms with Crippen molar-refractivity contribution in [2.75, 3.05) is 31.6 Å². The molecule has 2 rings (SSSR count). The van der Waals surface area contributed by atoms with Crippen LogP contribution in [-0.2, 0) is 0 Å². The van der Waals surface area contributed by atoms with E-state index in [4.69, 9.17) is 0 Å². The smallest absolute Gasteiger partial charge is 0.0911 e. The van der Waals surface area contributed by atoms with Crippen molar-refractivity contribution in [2.45, 2.75) is 25.2 Å². The van der Waals surface area contributed by atoms with Crippen LogP contribution in [0.3, 0.4) is 0 Å². The first kappa shape index (κ1) is 12.4. The Hall–Kier alpha value is -1.09. The monoisotopic (exact) mass is 236 g/mol. The fourth-order valence-corrected chi connectivity index (χ4v) is 2.33. The Kier molecular flexibility index (Phi) is 4.80. The van der Waals surface area contributed by atoms with Crippen LogP contribution in [0.1, 0.15) is 30.7 Å². The quantitative estimate of drug-likeness (QED) is 0.768. The summed E-state index contributed by atoms with van der Waals surface area (Å²) >= 11 is 0. The van der Waals surface area contributed by atoms with Crippen LogP contribution in [-0.4, -0.2) is 26.3 Å². The summed E-state index contributed by atoms with van der Waals surface area (Å²) in [5.74, 6) is 0.705. The molecule has 1 aliphatic rings. The standard InChI is InChI=1S/C14H21FN2/c15-8-1-9-17-14-4-2-12(3-5-14)13-6-10-16-11-7-13/h2-5,13,16-17H,1,6-11H2. The van der Waals surface area contributed by atoms with E-state index in [9.17, 15) is 4.39 Å². The molecule has 0 radical (unpaired) electrons. The molecule has 1 fully saturated rings. The van der Waals surface area contributed by atoms with Crippen molar-refractivity contribution in [2.24, 2.45) is 0 Å². The Morgan fingerprint density at radius 1 is 1.18 bits per heavy atom. The number of rotatable bonds is 5. The highest BCUT2D eigenvalue weighted by molar-refractivity contribution is 5.45. The highest BCUT2D eigenvalue weighted by atomic mass is 19.1. The Balaban J connectivity index is 1.88. The van der Waals surface area contributed by atoms with Crippen LogP contribution in [0.15, 0.2) is 24.3 Å². The van der Waals surface area contributed by atoms with Gasteiger partial charge in [-0.25, -0.2) is 0 Å². The number of hydrogen-bond donors (Lipinski definition) is 2. The van der Waals surface area contributed by atoms with Gasteiger partial charge in [0.05, 0.1) is 6.67 Å². The highest BCUT2D eigenvalue weighted by Crippen LogP contribution is 2.26. The van der Waals surface area contributed by atoms with Gasteiger partial charge in [-0.15, -0.1) is 0 Å². The minimum absolute atomic E-state index is 0.250. The van der Waals surface area contributed by atoms with Crippen molar-refractivity contribution >= 4 is 5.69 Å². The second kappa shape index (κ2) is 6.60. The Bertz CT molecular complexity index is 317. The van der Waals surface area contributed by atoms with Gasteiger partial charge in [0.2, 0.25) is 0 Å². The van der Waals surface area contributed by atoms with Crippen LogP contribution < -0.4 is 10.6 Å². The van der Waals surface area contributed by atoms with Gasteiger partial charge in [-0.1, -0.05) is 12.1 Å². The second-order valence-electron chi connectivity index (χ2n) is 4.62. The van der Waals surface area contributed by atoms with E-state index in [1.807, 2.05) is 0 Å². The molecule has 1 aromatic rings. The molecule has 94 valence electrons. The van der Waals surface area contributed by atoms with Gasteiger partial charge in [-0.2, -0.15) is 0 Å². The summed E-state index contributed by atoms with van der Waals surface area (Å²) in [6.45, 7) is 2.71. The van der Waals surface area contributed by atoms with E-state index in [-0.39, 0.29) is 6.67 Å². The maximum atomic E-state index is 12.0. The van der Waals surface area contributed by atoms with Crippen molar-refractivity contribution in [3.8, 4) is 0 Å². The molecular weight excluding hydrogens is 215 g/mol. The van der Waals surface area contributed by atoms with Gasteiger partial charge in [-0.3, -0.25) is 4.39 Å². The predicted molar refractivity (Wildman–Crippen MR) is 70.4 cm³/mol. The van der Waals surface area contributed by atoms with Gasteiger partial charge in [0.25, 0.3) is 0 Å². The number of anilines is 1. The SMILES string of the molecule is FCCCNc1ccc(C2CCNCC2)cc1. The zero-order valence-electron chi connectivity index (χ0n) is 10.2. The lowest BCUT2D eigenvalue weighted by Gasteiger charge is -2.23. The third-order valence-electron chi connectivity index (χ3n) is 3.36. The van der Waals surface area contributed by atoms with Crippen LogP contribution in [0.5, 0.6) is 0 Å². The molecule has 0 bridgehead atoms. The first-order valence-corrected chi connectivity index (χ1v) is 6.50. The molecule has 1 heterocycles. The summed E-state index contributed by atoms with van der Waals surface area (Å²) in [5, 5.41) is 6.61. The lowest BCUT2D eigenvalue weighted by molar-refractivity contribution is 0.460. The van der Waals surface area contributed by atoms with E-state index in [1.54, 1.807) is 0 Å². The van der Waals surface area contributed by atoms with Crippen molar-refractivity contribution in [3.63, 3.8) is 0 Å². The Morgan fingerprint density at radius 2 is 1.88 bits per heavy atom. The average molecular weight is 236 g/mol. The number of nitrogens with one attached hydrogen (secondary N) is 2. The third-order valence-corrected chi connectivity index (χ3v) is 3.36. The van der Waals surface area contributed by atoms with E-state index in [1.165, 1.54) is 18.4 Å². The molecule has 0 amide bonds. The van der Waals surface area contributed by atoms with E-state index >= 15 is 0 Å². The topological polar surface area (TPSA) is 24.1 Å². The van der Waals surface area contributed by atoms with E-state index < -0.39 is 0 Å². The number of alkyl halides is 1. The Labute approximate surface area is 103 Å². The molecule has 0 atom stereocenters. The normalized spacial score (nSPS) is 17.0. The zero-order chi connectivity index (χ0) is 11.9. The summed E-state index contributed by atoms with van der Waals surface area (Å²) in [4.78, 5) is 0. The Morgan fingerprint density at radius 3 is 2.53 bits per heavy atom. The molecular formula is C14H21FN2. The van der Waals surface area contributed by atoms with Gasteiger partial charge >= 0.3 is 0 Å². The van der Waals surface area contributed by atoms with Crippen molar-refractivity contribution in [1.29, 1.82) is 0 Å². The van der Waals surface area contributed by atoms with Gasteiger partial charge in [-0.05, 0) is 56.0 Å². The fourth-order valence-electron chi connectivity index (χ4n) is 2.33. The minimum atomic E-state index is -0.250. The molecule has 0 saturated carbocycles. The van der Waals surface area contributed by atoms with E-state index in [0.717, 1.165) is 18.8 Å². The molecule has 0 aromatic heterocycles. The van der Waals surface area contributed by atoms with Crippen LogP contribution >= 0.6 is 0 Å². The van der Waals surface area contributed by atoms with Crippen LogP contribution in [0.4, 0.5) is 10.1 Å². The van der Waals surface area contributed by atoms with Crippen molar-refractivity contribution in [3.05, 3.63) is 29.8 Å². The third kappa shape index (κ3) is 3.70. The van der Waals surface area contributed by atoms with Crippen LogP contribution in [0.25, 0.3) is 0 Å². The fraction of sp³-hybridized carbons (Fsp3) is 0.571. The van der Waals surface area contributed by atoms with Crippen LogP contribution in [0, 0.1) is 0 Å². The first-order valence-electron chi connectivity index (χ1n) is 6.50. The van der Waals surface area contributed by atoms with Gasteiger partial charge in [0, 0.05) is 12.2 Å². The molecule has 0 unspecified atom stereocenters. The van der Waals surface area contributed by atoms with Crippen LogP contribution in [0.2, 0.25) is 0 Å². The number of halogens is 1. The first-order chi connectivity index (χ1) is 8.40. The van der Waals surface area contributed by atoms with Crippen molar-refractivity contribution in [1.82, 2.24) is 5.32 Å². The summed E-state index contributed by atoms with van der Waals surface area (Å²) in [7, 11) is 0. The average Bonchev–Trinajstić information content (AvgIpc) is 2.41. The molecule has 0 spiro atoms. The van der Waals surface area contributed by atoms with Gasteiger partial charge < -0.3 is 10.6 Å². The molecule has 0 aliphatic carbocycles. The summed E-state index contributed by atoms with van der Waals surface area (Å²) in [5.41, 5.74) is 2.53. The molecule has 1 aromatic carbocycles. The van der Waals surface area contributed by atoms with E-state index in [2.05, 4.69) is 34.9 Å². The summed E-state index contributed by atoms with van der Waals surface area (Å²) < 4.78 is 12.0. The number of benzene rings is 1. The van der Waals surface area contributed by atoms with E-state index in [0.29, 0.717) is 18.9 Å². The number of piperidine rings is 1. The summed E-state index contributed by atoms with van der Waals surface area (Å²) in [6.07, 6.45) is 3.04. The molecule has 1 aliphatic heterocycles. The maximum Gasteiger partial charge on any atom is 0.0911 e. The molecule has 3 heteroatoms. The van der Waals surface area contributed by atoms with Gasteiger partial charge in [0.1, 0.15) is 0 Å². The minimum Gasteiger partial charge on any atom is -0.385 e. The molecule has 2 N–H and O–H groups in total. The predicted octanol–water partition coefficient (Wildman–Crippen LogP) is 2.93. The second-order valence-corrected chi connectivity index (χ2v) is 4.62. The summed E-state index contributed by atoms with van der Waals surface area (Å²) in [6, 6.07) is 8.62.